The molecule has 1 aromatic rings. The fourth-order valence-electron chi connectivity index (χ4n) is 1.90. The number of hydrogen-bond acceptors (Lipinski definition) is 5. The average Bonchev–Trinajstić information content (AvgIpc) is 3.06. The molecular weight excluding hydrogens is 428 g/mol. The summed E-state index contributed by atoms with van der Waals surface area (Å²) in [6, 6.07) is 1.85. The second kappa shape index (κ2) is 6.94. The molecule has 1 heterocycles. The Hall–Kier alpha value is 0.150. The second-order valence-corrected chi connectivity index (χ2v) is 9.64. The minimum absolute atomic E-state index is 0.0739. The molecule has 1 aliphatic rings. The molecule has 1 aromatic heterocycles. The first-order chi connectivity index (χ1) is 9.46. The Bertz CT molecular complexity index is 524. The Morgan fingerprint density at radius 3 is 2.65 bits per heavy atom. The molecule has 0 spiro atoms. The van der Waals surface area contributed by atoms with Crippen LogP contribution in [0.3, 0.4) is 0 Å². The molecule has 0 aromatic carbocycles. The van der Waals surface area contributed by atoms with Gasteiger partial charge in [0.25, 0.3) is 0 Å². The molecule has 1 fully saturated rings. The summed E-state index contributed by atoms with van der Waals surface area (Å²) in [7, 11) is 1.42. The Kier molecular flexibility index (Phi) is 5.73. The Balaban J connectivity index is 1.80. The minimum Gasteiger partial charge on any atom is -0.469 e. The van der Waals surface area contributed by atoms with Gasteiger partial charge in [-0.2, -0.15) is 11.8 Å². The third kappa shape index (κ3) is 4.32. The van der Waals surface area contributed by atoms with Crippen LogP contribution in [0.5, 0.6) is 0 Å². The number of halogens is 2. The molecule has 1 saturated carbocycles. The zero-order chi connectivity index (χ0) is 14.8. The van der Waals surface area contributed by atoms with Crippen molar-refractivity contribution in [3.63, 3.8) is 0 Å². The Morgan fingerprint density at radius 1 is 1.45 bits per heavy atom. The van der Waals surface area contributed by atoms with Crippen LogP contribution in [0.2, 0.25) is 0 Å². The van der Waals surface area contributed by atoms with Crippen molar-refractivity contribution in [2.45, 2.75) is 19.3 Å². The highest BCUT2D eigenvalue weighted by Crippen LogP contribution is 2.51. The molecule has 0 N–H and O–H groups in total. The zero-order valence-corrected chi connectivity index (χ0v) is 15.7. The van der Waals surface area contributed by atoms with E-state index in [4.69, 9.17) is 4.74 Å². The van der Waals surface area contributed by atoms with Gasteiger partial charge in [-0.25, -0.2) is 0 Å². The van der Waals surface area contributed by atoms with Gasteiger partial charge in [0.2, 0.25) is 0 Å². The number of ether oxygens (including phenoxy) is 1. The average molecular weight is 442 g/mol. The quantitative estimate of drug-likeness (QED) is 0.460. The number of thiophene rings is 1. The molecule has 110 valence electrons. The summed E-state index contributed by atoms with van der Waals surface area (Å²) in [5.74, 6) is 1.26. The third-order valence-electron chi connectivity index (χ3n) is 3.30. The van der Waals surface area contributed by atoms with Gasteiger partial charge >= 0.3 is 5.97 Å². The SMILES string of the molecule is COC(=O)CC1(CSCC(=O)c2cc(Br)sc2Br)CC1. The van der Waals surface area contributed by atoms with Crippen molar-refractivity contribution >= 4 is 66.7 Å². The van der Waals surface area contributed by atoms with Crippen LogP contribution >= 0.6 is 55.0 Å². The van der Waals surface area contributed by atoms with Gasteiger partial charge in [-0.15, -0.1) is 11.3 Å². The number of hydrogen-bond donors (Lipinski definition) is 0. The smallest absolute Gasteiger partial charge is 0.306 e. The lowest BCUT2D eigenvalue weighted by Gasteiger charge is -2.12. The van der Waals surface area contributed by atoms with E-state index >= 15 is 0 Å². The van der Waals surface area contributed by atoms with Crippen LogP contribution in [0, 0.1) is 5.41 Å². The third-order valence-corrected chi connectivity index (χ3v) is 6.92. The maximum Gasteiger partial charge on any atom is 0.306 e. The molecule has 0 atom stereocenters. The molecule has 0 saturated heterocycles. The summed E-state index contributed by atoms with van der Waals surface area (Å²) in [5, 5.41) is 0. The van der Waals surface area contributed by atoms with Gasteiger partial charge in [-0.1, -0.05) is 0 Å². The van der Waals surface area contributed by atoms with Gasteiger partial charge in [0.15, 0.2) is 5.78 Å². The van der Waals surface area contributed by atoms with E-state index < -0.39 is 0 Å². The lowest BCUT2D eigenvalue weighted by Crippen LogP contribution is -2.14. The normalized spacial score (nSPS) is 15.9. The maximum atomic E-state index is 12.1. The van der Waals surface area contributed by atoms with Gasteiger partial charge in [-0.05, 0) is 61.9 Å². The van der Waals surface area contributed by atoms with E-state index in [2.05, 4.69) is 31.9 Å². The highest BCUT2D eigenvalue weighted by Gasteiger charge is 2.44. The molecule has 20 heavy (non-hydrogen) atoms. The van der Waals surface area contributed by atoms with Gasteiger partial charge in [0.05, 0.1) is 26.9 Å². The van der Waals surface area contributed by atoms with Gasteiger partial charge in [-0.3, -0.25) is 9.59 Å². The van der Waals surface area contributed by atoms with Crippen molar-refractivity contribution in [1.29, 1.82) is 0 Å². The first kappa shape index (κ1) is 16.5. The largest absolute Gasteiger partial charge is 0.469 e. The molecule has 0 radical (unpaired) electrons. The standard InChI is InChI=1S/C13H14Br2O3S2/c1-18-11(17)5-13(2-3-13)7-19-6-9(16)8-4-10(14)20-12(8)15/h4H,2-3,5-7H2,1H3. The van der Waals surface area contributed by atoms with Crippen molar-refractivity contribution in [2.75, 3.05) is 18.6 Å². The number of Topliss-reactive ketones (excluding diaryl/α,β-unsaturated/α-hetero) is 1. The molecular formula is C13H14Br2O3S2. The first-order valence-corrected chi connectivity index (χ1v) is 9.64. The van der Waals surface area contributed by atoms with E-state index in [0.29, 0.717) is 12.2 Å². The van der Waals surface area contributed by atoms with Gasteiger partial charge < -0.3 is 4.74 Å². The molecule has 2 rings (SSSR count). The molecule has 7 heteroatoms. The molecule has 0 amide bonds. The zero-order valence-electron chi connectivity index (χ0n) is 10.9. The Labute approximate surface area is 143 Å². The van der Waals surface area contributed by atoms with Crippen molar-refractivity contribution in [2.24, 2.45) is 5.41 Å². The summed E-state index contributed by atoms with van der Waals surface area (Å²) in [6.45, 7) is 0. The number of thioether (sulfide) groups is 1. The monoisotopic (exact) mass is 440 g/mol. The maximum absolute atomic E-state index is 12.1. The van der Waals surface area contributed by atoms with Crippen LogP contribution < -0.4 is 0 Å². The number of carbonyl (C=O) groups excluding carboxylic acids is 2. The van der Waals surface area contributed by atoms with Crippen molar-refractivity contribution in [3.05, 3.63) is 19.2 Å². The molecule has 3 nitrogen and oxygen atoms in total. The van der Waals surface area contributed by atoms with Crippen molar-refractivity contribution in [3.8, 4) is 0 Å². The molecule has 0 unspecified atom stereocenters. The lowest BCUT2D eigenvalue weighted by molar-refractivity contribution is -0.141. The summed E-state index contributed by atoms with van der Waals surface area (Å²) in [4.78, 5) is 23.4. The van der Waals surface area contributed by atoms with Crippen LogP contribution in [-0.2, 0) is 9.53 Å². The number of ketones is 1. The van der Waals surface area contributed by atoms with E-state index in [1.165, 1.54) is 18.4 Å². The van der Waals surface area contributed by atoms with E-state index in [1.54, 1.807) is 11.8 Å². The van der Waals surface area contributed by atoms with Crippen LogP contribution in [0.15, 0.2) is 13.6 Å². The van der Waals surface area contributed by atoms with E-state index in [1.807, 2.05) is 6.07 Å². The number of methoxy groups -OCH3 is 1. The Morgan fingerprint density at radius 2 is 2.15 bits per heavy atom. The predicted octanol–water partition coefficient (Wildman–Crippen LogP) is 4.53. The van der Waals surface area contributed by atoms with E-state index in [9.17, 15) is 9.59 Å². The number of carbonyl (C=O) groups is 2. The van der Waals surface area contributed by atoms with Gasteiger partial charge in [0, 0.05) is 5.56 Å². The van der Waals surface area contributed by atoms with Crippen molar-refractivity contribution < 1.29 is 14.3 Å². The van der Waals surface area contributed by atoms with Crippen LogP contribution in [0.4, 0.5) is 0 Å². The molecule has 0 bridgehead atoms. The predicted molar refractivity (Wildman–Crippen MR) is 89.7 cm³/mol. The summed E-state index contributed by atoms with van der Waals surface area (Å²) < 4.78 is 6.53. The fourth-order valence-corrected chi connectivity index (χ4v) is 6.02. The van der Waals surface area contributed by atoms with Crippen molar-refractivity contribution in [1.82, 2.24) is 0 Å². The summed E-state index contributed by atoms with van der Waals surface area (Å²) >= 11 is 9.88. The summed E-state index contributed by atoms with van der Waals surface area (Å²) in [5.41, 5.74) is 0.803. The second-order valence-electron chi connectivity index (χ2n) is 4.91. The van der Waals surface area contributed by atoms with Crippen LogP contribution in [0.1, 0.15) is 29.6 Å². The minimum atomic E-state index is -0.154. The van der Waals surface area contributed by atoms with Gasteiger partial charge in [0.1, 0.15) is 0 Å². The highest BCUT2D eigenvalue weighted by molar-refractivity contribution is 9.12. The number of rotatable bonds is 7. The highest BCUT2D eigenvalue weighted by atomic mass is 79.9. The number of esters is 1. The summed E-state index contributed by atoms with van der Waals surface area (Å²) in [6.07, 6.45) is 2.58. The van der Waals surface area contributed by atoms with E-state index in [-0.39, 0.29) is 17.2 Å². The molecule has 0 aliphatic heterocycles. The fraction of sp³-hybridized carbons (Fsp3) is 0.538. The topological polar surface area (TPSA) is 43.4 Å². The molecule has 1 aliphatic carbocycles. The first-order valence-electron chi connectivity index (χ1n) is 6.08. The van der Waals surface area contributed by atoms with Crippen LogP contribution in [-0.4, -0.2) is 30.4 Å². The lowest BCUT2D eigenvalue weighted by atomic mass is 10.1. The van der Waals surface area contributed by atoms with E-state index in [0.717, 1.165) is 31.7 Å². The van der Waals surface area contributed by atoms with Crippen LogP contribution in [0.25, 0.3) is 0 Å².